The Hall–Kier alpha value is -2.33. The SMILES string of the molecule is CCN(CC)CCN(C(=O)c1ccc(S(=O)(=O)N2CCCCC2C)cc1)c1nc2cc(C)c(C)cc2s1. The van der Waals surface area contributed by atoms with Crippen LogP contribution in [0.2, 0.25) is 0 Å². The Labute approximate surface area is 225 Å². The predicted octanol–water partition coefficient (Wildman–Crippen LogP) is 5.46. The maximum Gasteiger partial charge on any atom is 0.260 e. The average Bonchev–Trinajstić information content (AvgIpc) is 3.29. The third kappa shape index (κ3) is 5.90. The van der Waals surface area contributed by atoms with Crippen LogP contribution in [0.1, 0.15) is 61.5 Å². The number of aromatic nitrogens is 1. The molecule has 7 nitrogen and oxygen atoms in total. The summed E-state index contributed by atoms with van der Waals surface area (Å²) in [6, 6.07) is 10.6. The van der Waals surface area contributed by atoms with Crippen molar-refractivity contribution < 1.29 is 13.2 Å². The van der Waals surface area contributed by atoms with Crippen LogP contribution in [0.4, 0.5) is 5.13 Å². The molecule has 1 aliphatic rings. The molecule has 1 aromatic heterocycles. The van der Waals surface area contributed by atoms with Gasteiger partial charge in [0.1, 0.15) is 0 Å². The van der Waals surface area contributed by atoms with E-state index in [0.717, 1.165) is 49.1 Å². The highest BCUT2D eigenvalue weighted by Crippen LogP contribution is 2.32. The second-order valence-electron chi connectivity index (χ2n) is 9.87. The molecular formula is C28H38N4O3S2. The molecule has 37 heavy (non-hydrogen) atoms. The Kier molecular flexibility index (Phi) is 8.68. The Morgan fingerprint density at radius 3 is 2.38 bits per heavy atom. The van der Waals surface area contributed by atoms with E-state index in [4.69, 9.17) is 4.98 Å². The quantitative estimate of drug-likeness (QED) is 0.359. The number of fused-ring (bicyclic) bond motifs is 1. The Morgan fingerprint density at radius 1 is 1.05 bits per heavy atom. The van der Waals surface area contributed by atoms with Gasteiger partial charge in [-0.05, 0) is 94.2 Å². The molecule has 2 heterocycles. The van der Waals surface area contributed by atoms with Crippen molar-refractivity contribution in [3.05, 3.63) is 53.1 Å². The normalized spacial score (nSPS) is 17.0. The molecule has 9 heteroatoms. The summed E-state index contributed by atoms with van der Waals surface area (Å²) in [6.45, 7) is 13.9. The number of hydrogen-bond acceptors (Lipinski definition) is 6. The molecule has 1 unspecified atom stereocenters. The van der Waals surface area contributed by atoms with Crippen molar-refractivity contribution >= 4 is 42.6 Å². The van der Waals surface area contributed by atoms with Crippen molar-refractivity contribution in [2.75, 3.05) is 37.6 Å². The lowest BCUT2D eigenvalue weighted by Crippen LogP contribution is -2.42. The first kappa shape index (κ1) is 27.7. The molecule has 200 valence electrons. The minimum Gasteiger partial charge on any atom is -0.302 e. The summed E-state index contributed by atoms with van der Waals surface area (Å²) < 4.78 is 29.1. The zero-order valence-electron chi connectivity index (χ0n) is 22.5. The summed E-state index contributed by atoms with van der Waals surface area (Å²) >= 11 is 1.52. The van der Waals surface area contributed by atoms with Gasteiger partial charge in [0.2, 0.25) is 10.0 Å². The van der Waals surface area contributed by atoms with Gasteiger partial charge >= 0.3 is 0 Å². The highest BCUT2D eigenvalue weighted by Gasteiger charge is 2.31. The molecule has 1 saturated heterocycles. The number of amides is 1. The standard InChI is InChI=1S/C28H38N4O3S2/c1-6-30(7-2)16-17-31(28-29-25-18-20(3)21(4)19-26(25)36-28)27(33)23-11-13-24(14-12-23)37(34,35)32-15-9-8-10-22(32)5/h11-14,18-19,22H,6-10,15-17H2,1-5H3. The lowest BCUT2D eigenvalue weighted by Gasteiger charge is -2.32. The third-order valence-corrected chi connectivity index (χ3v) is 10.5. The monoisotopic (exact) mass is 542 g/mol. The Morgan fingerprint density at radius 2 is 1.73 bits per heavy atom. The van der Waals surface area contributed by atoms with Gasteiger partial charge in [-0.25, -0.2) is 13.4 Å². The van der Waals surface area contributed by atoms with Gasteiger partial charge in [0, 0.05) is 31.2 Å². The minimum absolute atomic E-state index is 0.0121. The minimum atomic E-state index is -3.59. The van der Waals surface area contributed by atoms with E-state index in [1.807, 2.05) is 6.92 Å². The van der Waals surface area contributed by atoms with E-state index in [1.54, 1.807) is 33.5 Å². The number of nitrogens with zero attached hydrogens (tertiary/aromatic N) is 4. The second kappa shape index (κ2) is 11.6. The molecule has 1 amide bonds. The number of benzene rings is 2. The summed E-state index contributed by atoms with van der Waals surface area (Å²) in [5, 5.41) is 0.663. The molecule has 0 aliphatic carbocycles. The van der Waals surface area contributed by atoms with Gasteiger partial charge in [0.05, 0.1) is 15.1 Å². The van der Waals surface area contributed by atoms with Gasteiger partial charge in [-0.2, -0.15) is 4.31 Å². The van der Waals surface area contributed by atoms with Crippen LogP contribution in [0.25, 0.3) is 10.2 Å². The van der Waals surface area contributed by atoms with Crippen LogP contribution in [0, 0.1) is 13.8 Å². The summed E-state index contributed by atoms with van der Waals surface area (Å²) in [5.74, 6) is -0.171. The van der Waals surface area contributed by atoms with E-state index in [-0.39, 0.29) is 16.8 Å². The molecule has 1 atom stereocenters. The summed E-state index contributed by atoms with van der Waals surface area (Å²) in [4.78, 5) is 22.8. The van der Waals surface area contributed by atoms with E-state index < -0.39 is 10.0 Å². The van der Waals surface area contributed by atoms with Crippen molar-refractivity contribution in [1.82, 2.24) is 14.2 Å². The first-order valence-corrected chi connectivity index (χ1v) is 15.4. The van der Waals surface area contributed by atoms with Gasteiger partial charge in [0.15, 0.2) is 5.13 Å². The Balaban J connectivity index is 1.64. The number of rotatable bonds is 9. The zero-order valence-corrected chi connectivity index (χ0v) is 24.2. The molecule has 2 aromatic carbocycles. The van der Waals surface area contributed by atoms with E-state index in [1.165, 1.54) is 22.5 Å². The zero-order chi connectivity index (χ0) is 26.7. The number of hydrogen-bond donors (Lipinski definition) is 0. The molecular weight excluding hydrogens is 504 g/mol. The number of carbonyl (C=O) groups is 1. The molecule has 0 saturated carbocycles. The van der Waals surface area contributed by atoms with Gasteiger partial charge in [-0.15, -0.1) is 0 Å². The van der Waals surface area contributed by atoms with Crippen LogP contribution in [0.3, 0.4) is 0 Å². The largest absolute Gasteiger partial charge is 0.302 e. The van der Waals surface area contributed by atoms with Crippen molar-refractivity contribution in [1.29, 1.82) is 0 Å². The van der Waals surface area contributed by atoms with Crippen LogP contribution in [0.15, 0.2) is 41.3 Å². The molecule has 1 fully saturated rings. The van der Waals surface area contributed by atoms with E-state index >= 15 is 0 Å². The highest BCUT2D eigenvalue weighted by atomic mass is 32.2. The van der Waals surface area contributed by atoms with Gasteiger partial charge in [-0.1, -0.05) is 31.6 Å². The predicted molar refractivity (Wildman–Crippen MR) is 152 cm³/mol. The van der Waals surface area contributed by atoms with Crippen LogP contribution in [-0.4, -0.2) is 67.3 Å². The topological polar surface area (TPSA) is 73.8 Å². The van der Waals surface area contributed by atoms with Gasteiger partial charge in [0.25, 0.3) is 5.91 Å². The second-order valence-corrected chi connectivity index (χ2v) is 12.8. The summed E-state index contributed by atoms with van der Waals surface area (Å²) in [5.41, 5.74) is 3.71. The molecule has 3 aromatic rings. The number of aryl methyl sites for hydroxylation is 2. The molecule has 0 radical (unpaired) electrons. The average molecular weight is 543 g/mol. The maximum absolute atomic E-state index is 13.8. The van der Waals surface area contributed by atoms with E-state index in [0.29, 0.717) is 23.8 Å². The van der Waals surface area contributed by atoms with Crippen molar-refractivity contribution in [2.45, 2.75) is 64.8 Å². The molecule has 4 rings (SSSR count). The number of sulfonamides is 1. The van der Waals surface area contributed by atoms with Crippen molar-refractivity contribution in [2.24, 2.45) is 0 Å². The van der Waals surface area contributed by atoms with E-state index in [9.17, 15) is 13.2 Å². The van der Waals surface area contributed by atoms with Crippen LogP contribution >= 0.6 is 11.3 Å². The third-order valence-electron chi connectivity index (χ3n) is 7.45. The summed E-state index contributed by atoms with van der Waals surface area (Å²) in [6.07, 6.45) is 2.80. The number of carbonyl (C=O) groups excluding carboxylic acids is 1. The number of thiazole rings is 1. The first-order chi connectivity index (χ1) is 17.6. The summed E-state index contributed by atoms with van der Waals surface area (Å²) in [7, 11) is -3.59. The van der Waals surface area contributed by atoms with E-state index in [2.05, 4.69) is 44.7 Å². The molecule has 0 bridgehead atoms. The fraction of sp³-hybridized carbons (Fsp3) is 0.500. The number of piperidine rings is 1. The number of likely N-dealkylation sites (N-methyl/N-ethyl adjacent to an activating group) is 1. The van der Waals surface area contributed by atoms with Crippen molar-refractivity contribution in [3.8, 4) is 0 Å². The Bertz CT molecular complexity index is 1310. The van der Waals surface area contributed by atoms with Crippen LogP contribution in [0.5, 0.6) is 0 Å². The smallest absolute Gasteiger partial charge is 0.260 e. The maximum atomic E-state index is 13.8. The fourth-order valence-electron chi connectivity index (χ4n) is 4.84. The first-order valence-electron chi connectivity index (χ1n) is 13.2. The van der Waals surface area contributed by atoms with Gasteiger partial charge in [-0.3, -0.25) is 9.69 Å². The fourth-order valence-corrected chi connectivity index (χ4v) is 7.61. The highest BCUT2D eigenvalue weighted by molar-refractivity contribution is 7.89. The van der Waals surface area contributed by atoms with Crippen molar-refractivity contribution in [3.63, 3.8) is 0 Å². The lowest BCUT2D eigenvalue weighted by molar-refractivity contribution is 0.0983. The van der Waals surface area contributed by atoms with Crippen LogP contribution in [-0.2, 0) is 10.0 Å². The van der Waals surface area contributed by atoms with Crippen LogP contribution < -0.4 is 4.90 Å². The van der Waals surface area contributed by atoms with Gasteiger partial charge < -0.3 is 4.90 Å². The lowest BCUT2D eigenvalue weighted by atomic mass is 10.1. The number of anilines is 1. The molecule has 1 aliphatic heterocycles. The molecule has 0 spiro atoms. The molecule has 0 N–H and O–H groups in total.